The number of esters is 1. The molecule has 0 saturated carbocycles. The molecule has 2 amide bonds. The van der Waals surface area contributed by atoms with Crippen LogP contribution in [0.4, 0.5) is 4.79 Å². The van der Waals surface area contributed by atoms with Gasteiger partial charge in [0.1, 0.15) is 18.2 Å². The normalized spacial score (nSPS) is 12.1. The van der Waals surface area contributed by atoms with Crippen molar-refractivity contribution in [3.63, 3.8) is 0 Å². The zero-order valence-electron chi connectivity index (χ0n) is 14.2. The summed E-state index contributed by atoms with van der Waals surface area (Å²) in [6.45, 7) is 5.38. The fourth-order valence-electron chi connectivity index (χ4n) is 1.72. The molecule has 24 heavy (non-hydrogen) atoms. The first-order valence-corrected chi connectivity index (χ1v) is 7.72. The molecular weight excluding hydrogens is 312 g/mol. The minimum absolute atomic E-state index is 0.0471. The number of nitrogens with one attached hydrogen (secondary N) is 1. The summed E-state index contributed by atoms with van der Waals surface area (Å²) >= 11 is 0. The molecule has 1 aromatic rings. The van der Waals surface area contributed by atoms with Crippen molar-refractivity contribution in [2.24, 2.45) is 5.73 Å². The van der Waals surface area contributed by atoms with Gasteiger partial charge in [0, 0.05) is 0 Å². The Hall–Kier alpha value is -2.57. The quantitative estimate of drug-likeness (QED) is 0.705. The largest absolute Gasteiger partial charge is 0.458 e. The highest BCUT2D eigenvalue weighted by molar-refractivity contribution is 5.87. The van der Waals surface area contributed by atoms with Gasteiger partial charge in [0.05, 0.1) is 6.42 Å². The van der Waals surface area contributed by atoms with E-state index in [0.29, 0.717) is 6.42 Å². The first kappa shape index (κ1) is 19.5. The van der Waals surface area contributed by atoms with Crippen molar-refractivity contribution in [1.82, 2.24) is 5.32 Å². The van der Waals surface area contributed by atoms with E-state index in [2.05, 4.69) is 5.32 Å². The van der Waals surface area contributed by atoms with Gasteiger partial charge in [-0.1, -0.05) is 37.3 Å². The molecule has 0 aliphatic rings. The number of benzene rings is 1. The van der Waals surface area contributed by atoms with E-state index in [4.69, 9.17) is 15.2 Å². The van der Waals surface area contributed by atoms with Gasteiger partial charge < -0.3 is 20.5 Å². The van der Waals surface area contributed by atoms with Crippen LogP contribution in [0.3, 0.4) is 0 Å². The van der Waals surface area contributed by atoms with Crippen molar-refractivity contribution < 1.29 is 23.9 Å². The highest BCUT2D eigenvalue weighted by Crippen LogP contribution is 2.15. The van der Waals surface area contributed by atoms with Crippen LogP contribution in [0.1, 0.15) is 39.2 Å². The van der Waals surface area contributed by atoms with Crippen LogP contribution >= 0.6 is 0 Å². The second-order valence-electron chi connectivity index (χ2n) is 5.96. The molecule has 7 nitrogen and oxygen atoms in total. The molecule has 132 valence electrons. The lowest BCUT2D eigenvalue weighted by atomic mass is 10.1. The van der Waals surface area contributed by atoms with Gasteiger partial charge in [0.15, 0.2) is 0 Å². The van der Waals surface area contributed by atoms with Crippen molar-refractivity contribution >= 4 is 18.0 Å². The lowest BCUT2D eigenvalue weighted by molar-refractivity contribution is -0.160. The first-order valence-electron chi connectivity index (χ1n) is 7.72. The topological polar surface area (TPSA) is 108 Å². The Labute approximate surface area is 141 Å². The van der Waals surface area contributed by atoms with Crippen LogP contribution in [-0.2, 0) is 25.7 Å². The van der Waals surface area contributed by atoms with Gasteiger partial charge >= 0.3 is 12.1 Å². The summed E-state index contributed by atoms with van der Waals surface area (Å²) in [5, 5.41) is 2.33. The Morgan fingerprint density at radius 2 is 1.83 bits per heavy atom. The average Bonchev–Trinajstić information content (AvgIpc) is 2.52. The number of carbonyl (C=O) groups excluding carboxylic acids is 3. The Morgan fingerprint density at radius 1 is 1.21 bits per heavy atom. The molecule has 0 aliphatic heterocycles. The second-order valence-corrected chi connectivity index (χ2v) is 5.96. The lowest BCUT2D eigenvalue weighted by Crippen LogP contribution is -2.46. The van der Waals surface area contributed by atoms with Gasteiger partial charge in [0.2, 0.25) is 5.91 Å². The number of alkyl carbamates (subject to hydrolysis) is 1. The van der Waals surface area contributed by atoms with Gasteiger partial charge in [0.25, 0.3) is 0 Å². The minimum atomic E-state index is -1.18. The Bertz CT molecular complexity index is 572. The lowest BCUT2D eigenvalue weighted by Gasteiger charge is -2.26. The fraction of sp³-hybridized carbons (Fsp3) is 0.471. The van der Waals surface area contributed by atoms with Crippen LogP contribution in [0.25, 0.3) is 0 Å². The van der Waals surface area contributed by atoms with Crippen molar-refractivity contribution in [3.05, 3.63) is 35.9 Å². The fourth-order valence-corrected chi connectivity index (χ4v) is 1.72. The third-order valence-electron chi connectivity index (χ3n) is 3.42. The molecule has 0 saturated heterocycles. The standard InChI is InChI=1S/C17H24N2O5/c1-4-17(2,3)24-15(21)13(10-14(18)20)19-16(22)23-11-12-8-6-5-7-9-12/h5-9,13H,4,10-11H2,1-3H3,(H2,18,20)(H,19,22)/t13-/m0/s1. The number of hydrogen-bond donors (Lipinski definition) is 2. The molecule has 7 heteroatoms. The Kier molecular flexibility index (Phi) is 7.23. The van der Waals surface area contributed by atoms with E-state index in [1.165, 1.54) is 0 Å². The maximum atomic E-state index is 12.2. The Balaban J connectivity index is 2.62. The summed E-state index contributed by atoms with van der Waals surface area (Å²) in [6.07, 6.45) is -0.601. The van der Waals surface area contributed by atoms with Gasteiger partial charge in [-0.25, -0.2) is 9.59 Å². The van der Waals surface area contributed by atoms with Crippen LogP contribution in [0.15, 0.2) is 30.3 Å². The van der Waals surface area contributed by atoms with E-state index in [1.54, 1.807) is 26.0 Å². The van der Waals surface area contributed by atoms with E-state index in [1.807, 2.05) is 25.1 Å². The van der Waals surface area contributed by atoms with Crippen LogP contribution in [0.2, 0.25) is 0 Å². The maximum Gasteiger partial charge on any atom is 0.408 e. The average molecular weight is 336 g/mol. The maximum absolute atomic E-state index is 12.2. The van der Waals surface area contributed by atoms with Crippen molar-refractivity contribution in [1.29, 1.82) is 0 Å². The van der Waals surface area contributed by atoms with Gasteiger partial charge in [-0.2, -0.15) is 0 Å². The van der Waals surface area contributed by atoms with Gasteiger partial charge in [-0.3, -0.25) is 4.79 Å². The van der Waals surface area contributed by atoms with Crippen molar-refractivity contribution in [2.75, 3.05) is 0 Å². The second kappa shape index (κ2) is 8.90. The van der Waals surface area contributed by atoms with E-state index >= 15 is 0 Å². The van der Waals surface area contributed by atoms with E-state index in [9.17, 15) is 14.4 Å². The summed E-state index contributed by atoms with van der Waals surface area (Å²) in [4.78, 5) is 35.1. The summed E-state index contributed by atoms with van der Waals surface area (Å²) in [7, 11) is 0. The number of primary amides is 1. The van der Waals surface area contributed by atoms with Gasteiger partial charge in [-0.05, 0) is 25.8 Å². The van der Waals surface area contributed by atoms with Crippen LogP contribution < -0.4 is 11.1 Å². The van der Waals surface area contributed by atoms with E-state index < -0.39 is 29.6 Å². The summed E-state index contributed by atoms with van der Waals surface area (Å²) in [5.41, 5.74) is 5.22. The minimum Gasteiger partial charge on any atom is -0.458 e. The first-order chi connectivity index (χ1) is 11.2. The number of hydrogen-bond acceptors (Lipinski definition) is 5. The van der Waals surface area contributed by atoms with Crippen molar-refractivity contribution in [2.45, 2.75) is 51.9 Å². The smallest absolute Gasteiger partial charge is 0.408 e. The summed E-state index contributed by atoms with van der Waals surface area (Å²) < 4.78 is 10.3. The number of ether oxygens (including phenoxy) is 2. The zero-order chi connectivity index (χ0) is 18.2. The number of nitrogens with two attached hydrogens (primary N) is 1. The van der Waals surface area contributed by atoms with Gasteiger partial charge in [-0.15, -0.1) is 0 Å². The SMILES string of the molecule is CCC(C)(C)OC(=O)[C@H](CC(N)=O)NC(=O)OCc1ccccc1. The highest BCUT2D eigenvalue weighted by atomic mass is 16.6. The molecule has 1 aromatic carbocycles. The van der Waals surface area contributed by atoms with Crippen molar-refractivity contribution in [3.8, 4) is 0 Å². The highest BCUT2D eigenvalue weighted by Gasteiger charge is 2.29. The van der Waals surface area contributed by atoms with Crippen LogP contribution in [-0.4, -0.2) is 29.6 Å². The van der Waals surface area contributed by atoms with Crippen LogP contribution in [0.5, 0.6) is 0 Å². The molecule has 0 bridgehead atoms. The predicted octanol–water partition coefficient (Wildman–Crippen LogP) is 1.89. The monoisotopic (exact) mass is 336 g/mol. The molecule has 0 spiro atoms. The number of amides is 2. The molecule has 1 atom stereocenters. The molecule has 1 rings (SSSR count). The predicted molar refractivity (Wildman–Crippen MR) is 87.8 cm³/mol. The number of carbonyl (C=O) groups is 3. The molecule has 0 unspecified atom stereocenters. The molecule has 0 fully saturated rings. The molecular formula is C17H24N2O5. The third kappa shape index (κ3) is 7.13. The van der Waals surface area contributed by atoms with Crippen LogP contribution in [0, 0.1) is 0 Å². The Morgan fingerprint density at radius 3 is 2.38 bits per heavy atom. The molecule has 0 radical (unpaired) electrons. The summed E-state index contributed by atoms with van der Waals surface area (Å²) in [5.74, 6) is -1.45. The van der Waals surface area contributed by atoms with E-state index in [-0.39, 0.29) is 13.0 Å². The van der Waals surface area contributed by atoms with E-state index in [0.717, 1.165) is 5.56 Å². The molecule has 3 N–H and O–H groups in total. The zero-order valence-corrected chi connectivity index (χ0v) is 14.2. The number of rotatable bonds is 8. The molecule has 0 aromatic heterocycles. The molecule has 0 heterocycles. The summed E-state index contributed by atoms with van der Waals surface area (Å²) in [6, 6.07) is 7.89. The third-order valence-corrected chi connectivity index (χ3v) is 3.42. The molecule has 0 aliphatic carbocycles.